The van der Waals surface area contributed by atoms with Crippen molar-refractivity contribution in [3.8, 4) is 0 Å². The Morgan fingerprint density at radius 2 is 1.50 bits per heavy atom. The highest BCUT2D eigenvalue weighted by Crippen LogP contribution is 2.39. The summed E-state index contributed by atoms with van der Waals surface area (Å²) in [7, 11) is 0. The summed E-state index contributed by atoms with van der Waals surface area (Å²) in [5.41, 5.74) is 0. The minimum atomic E-state index is -5.58. The molecule has 0 heterocycles. The Bertz CT molecular complexity index is 192. The molecule has 0 aliphatic carbocycles. The summed E-state index contributed by atoms with van der Waals surface area (Å²) < 4.78 is 73.3. The maximum absolute atomic E-state index is 11.7. The van der Waals surface area contributed by atoms with Gasteiger partial charge in [0.15, 0.2) is 5.92 Å². The Morgan fingerprint density at radius 3 is 1.71 bits per heavy atom. The predicted molar refractivity (Wildman–Crippen MR) is 29.6 cm³/mol. The van der Waals surface area contributed by atoms with Crippen molar-refractivity contribution in [1.82, 2.24) is 0 Å². The molecule has 0 unspecified atom stereocenters. The molecule has 9 heteroatoms. The predicted octanol–water partition coefficient (Wildman–Crippen LogP) is 2.42. The molecule has 0 aromatic carbocycles. The van der Waals surface area contributed by atoms with Gasteiger partial charge in [0.1, 0.15) is 6.61 Å². The first kappa shape index (κ1) is 12.8. The van der Waals surface area contributed by atoms with Gasteiger partial charge in [-0.2, -0.15) is 26.3 Å². The van der Waals surface area contributed by atoms with E-state index in [9.17, 15) is 31.1 Å². The Labute approximate surface area is 73.3 Å². The van der Waals surface area contributed by atoms with Crippen molar-refractivity contribution >= 4 is 6.16 Å². The summed E-state index contributed by atoms with van der Waals surface area (Å²) >= 11 is 0. The van der Waals surface area contributed by atoms with E-state index in [0.29, 0.717) is 0 Å². The lowest BCUT2D eigenvalue weighted by molar-refractivity contribution is -0.291. The maximum Gasteiger partial charge on any atom is 0.505 e. The van der Waals surface area contributed by atoms with Crippen LogP contribution in [-0.4, -0.2) is 30.2 Å². The van der Waals surface area contributed by atoms with Gasteiger partial charge in [0, 0.05) is 0 Å². The fourth-order valence-corrected chi connectivity index (χ4v) is 0.529. The van der Waals surface area contributed by atoms with E-state index in [1.54, 1.807) is 0 Å². The average molecular weight is 226 g/mol. The van der Waals surface area contributed by atoms with E-state index in [4.69, 9.17) is 5.11 Å². The second kappa shape index (κ2) is 3.93. The number of hydrogen-bond acceptors (Lipinski definition) is 2. The lowest BCUT2D eigenvalue weighted by Crippen LogP contribution is -2.40. The zero-order chi connectivity index (χ0) is 11.6. The molecule has 0 atom stereocenters. The number of carbonyl (C=O) groups is 1. The van der Waals surface area contributed by atoms with Crippen LogP contribution in [0.25, 0.3) is 0 Å². The number of alkyl halides is 6. The Kier molecular flexibility index (Phi) is 3.60. The number of hydrogen-bond donors (Lipinski definition) is 1. The molecular weight excluding hydrogens is 222 g/mol. The third-order valence-corrected chi connectivity index (χ3v) is 1.16. The van der Waals surface area contributed by atoms with Crippen LogP contribution in [0.1, 0.15) is 0 Å². The van der Waals surface area contributed by atoms with Gasteiger partial charge in [-0.1, -0.05) is 0 Å². The molecule has 1 N–H and O–H groups in total. The van der Waals surface area contributed by atoms with Crippen molar-refractivity contribution < 1.29 is 41.0 Å². The molecule has 0 saturated carbocycles. The van der Waals surface area contributed by atoms with Crippen molar-refractivity contribution in [2.24, 2.45) is 5.92 Å². The van der Waals surface area contributed by atoms with E-state index in [2.05, 4.69) is 4.74 Å². The van der Waals surface area contributed by atoms with Gasteiger partial charge in [-0.15, -0.1) is 0 Å². The fraction of sp³-hybridized carbons (Fsp3) is 0.800. The summed E-state index contributed by atoms with van der Waals surface area (Å²) in [4.78, 5) is 9.60. The molecule has 0 radical (unpaired) electrons. The Morgan fingerprint density at radius 1 is 1.14 bits per heavy atom. The first-order valence-electron chi connectivity index (χ1n) is 3.04. The highest BCUT2D eigenvalue weighted by molar-refractivity contribution is 5.56. The summed E-state index contributed by atoms with van der Waals surface area (Å²) in [6.07, 6.45) is -13.3. The Balaban J connectivity index is 4.51. The summed E-state index contributed by atoms with van der Waals surface area (Å²) in [5.74, 6) is -3.79. The largest absolute Gasteiger partial charge is 0.505 e. The van der Waals surface area contributed by atoms with Crippen LogP contribution in [-0.2, 0) is 4.74 Å². The molecule has 0 spiro atoms. The van der Waals surface area contributed by atoms with Gasteiger partial charge < -0.3 is 9.84 Å². The lowest BCUT2D eigenvalue weighted by atomic mass is 10.1. The summed E-state index contributed by atoms with van der Waals surface area (Å²) in [6.45, 7) is -1.98. The van der Waals surface area contributed by atoms with Crippen LogP contribution < -0.4 is 0 Å². The molecular formula is C5H4F6O3. The minimum Gasteiger partial charge on any atom is -0.450 e. The van der Waals surface area contributed by atoms with Crippen molar-refractivity contribution in [2.75, 3.05) is 6.61 Å². The van der Waals surface area contributed by atoms with Gasteiger partial charge in [-0.3, -0.25) is 0 Å². The molecule has 0 aliphatic heterocycles. The van der Waals surface area contributed by atoms with Gasteiger partial charge in [0.25, 0.3) is 0 Å². The zero-order valence-corrected chi connectivity index (χ0v) is 6.32. The fourth-order valence-electron chi connectivity index (χ4n) is 0.529. The molecule has 0 aliphatic rings. The van der Waals surface area contributed by atoms with E-state index in [1.165, 1.54) is 0 Å². The van der Waals surface area contributed by atoms with Crippen molar-refractivity contribution in [2.45, 2.75) is 12.4 Å². The second-order valence-electron chi connectivity index (χ2n) is 2.21. The normalized spacial score (nSPS) is 13.1. The standard InChI is InChI=1S/C5H4F6O3/c6-4(7,8)2(5(9,10)11)1-14-3(12)13/h2H,1H2,(H,12,13). The number of rotatable bonds is 2. The topological polar surface area (TPSA) is 46.5 Å². The third-order valence-electron chi connectivity index (χ3n) is 1.16. The van der Waals surface area contributed by atoms with Crippen LogP contribution in [0.15, 0.2) is 0 Å². The SMILES string of the molecule is O=C(O)OCC(C(F)(F)F)C(F)(F)F. The second-order valence-corrected chi connectivity index (χ2v) is 2.21. The van der Waals surface area contributed by atoms with Gasteiger partial charge in [-0.05, 0) is 0 Å². The smallest absolute Gasteiger partial charge is 0.450 e. The molecule has 0 amide bonds. The molecule has 0 bridgehead atoms. The minimum absolute atomic E-state index is 1.98. The number of ether oxygens (including phenoxy) is 1. The molecule has 0 aromatic rings. The molecule has 0 fully saturated rings. The molecule has 0 aromatic heterocycles. The molecule has 0 rings (SSSR count). The third kappa shape index (κ3) is 4.19. The monoisotopic (exact) mass is 226 g/mol. The van der Waals surface area contributed by atoms with Gasteiger partial charge in [0.05, 0.1) is 0 Å². The van der Waals surface area contributed by atoms with E-state index in [0.717, 1.165) is 0 Å². The summed E-state index contributed by atoms with van der Waals surface area (Å²) in [5, 5.41) is 7.74. The Hall–Kier alpha value is -1.15. The van der Waals surface area contributed by atoms with Crippen LogP contribution in [0.4, 0.5) is 31.1 Å². The average Bonchev–Trinajstić information content (AvgIpc) is 1.78. The molecule has 0 saturated heterocycles. The molecule has 14 heavy (non-hydrogen) atoms. The maximum atomic E-state index is 11.7. The highest BCUT2D eigenvalue weighted by Gasteiger charge is 2.57. The van der Waals surface area contributed by atoms with Crippen LogP contribution in [0.5, 0.6) is 0 Å². The van der Waals surface area contributed by atoms with Crippen molar-refractivity contribution in [3.63, 3.8) is 0 Å². The van der Waals surface area contributed by atoms with E-state index in [-0.39, 0.29) is 0 Å². The van der Waals surface area contributed by atoms with Gasteiger partial charge in [-0.25, -0.2) is 4.79 Å². The quantitative estimate of drug-likeness (QED) is 0.580. The van der Waals surface area contributed by atoms with Crippen LogP contribution in [0.2, 0.25) is 0 Å². The highest BCUT2D eigenvalue weighted by atomic mass is 19.4. The first-order chi connectivity index (χ1) is 6.05. The van der Waals surface area contributed by atoms with Crippen LogP contribution >= 0.6 is 0 Å². The first-order valence-corrected chi connectivity index (χ1v) is 3.04. The van der Waals surface area contributed by atoms with Crippen LogP contribution in [0, 0.1) is 5.92 Å². The van der Waals surface area contributed by atoms with Crippen LogP contribution in [0.3, 0.4) is 0 Å². The number of carboxylic acid groups (broad SMARTS) is 1. The lowest BCUT2D eigenvalue weighted by Gasteiger charge is -2.21. The van der Waals surface area contributed by atoms with Gasteiger partial charge >= 0.3 is 18.5 Å². The van der Waals surface area contributed by atoms with Gasteiger partial charge in [0.2, 0.25) is 0 Å². The number of halogens is 6. The van der Waals surface area contributed by atoms with Crippen molar-refractivity contribution in [1.29, 1.82) is 0 Å². The zero-order valence-electron chi connectivity index (χ0n) is 6.32. The van der Waals surface area contributed by atoms with E-state index < -0.39 is 31.0 Å². The molecule has 3 nitrogen and oxygen atoms in total. The summed E-state index contributed by atoms with van der Waals surface area (Å²) in [6, 6.07) is 0. The van der Waals surface area contributed by atoms with Crippen molar-refractivity contribution in [3.05, 3.63) is 0 Å². The molecule has 84 valence electrons. The van der Waals surface area contributed by atoms with E-state index in [1.807, 2.05) is 0 Å². The van der Waals surface area contributed by atoms with E-state index >= 15 is 0 Å².